The van der Waals surface area contributed by atoms with Gasteiger partial charge >= 0.3 is 16.2 Å². The SMILES string of the molecule is CCN(C)S(=O)(=O)Nc1ccc(F)c(C(=O)c2c[nH]c3ncc(-c4cnc(N5CCN(C(=O)CN6CCC(c7ccc(N8CCC(=O)NC8=O)cc7F)CC6)CC5)nc4)cc23)c1F. The number of likely N-dealkylation sites (tertiary alicyclic amines) is 1. The van der Waals surface area contributed by atoms with Gasteiger partial charge in [0.25, 0.3) is 0 Å². The van der Waals surface area contributed by atoms with Crippen molar-refractivity contribution in [3.05, 3.63) is 95.3 Å². The standard InChI is InChI=1S/C42H44F3N11O6S/c1-3-52(2)63(61,62)51-34-7-6-32(43)37(38(34)45)39(59)31-23-47-40-30(31)18-26(20-46-40)27-21-48-41(49-22-27)55-16-14-54(15-17-55)36(58)24-53-11-8-25(9-12-53)29-5-4-28(19-33(29)44)56-13-10-35(57)50-42(56)60/h4-7,18-23,25,51H,3,8-17,24H2,1-2H3,(H,46,47)(H,50,57,60). The Balaban J connectivity index is 0.851. The van der Waals surface area contributed by atoms with Crippen molar-refractivity contribution in [2.45, 2.75) is 32.1 Å². The number of H-pyrrole nitrogens is 1. The lowest BCUT2D eigenvalue weighted by atomic mass is 9.89. The molecular weight excluding hydrogens is 844 g/mol. The number of carbonyl (C=O) groups is 4. The van der Waals surface area contributed by atoms with Gasteiger partial charge < -0.3 is 14.8 Å². The Morgan fingerprint density at radius 1 is 0.889 bits per heavy atom. The average molecular weight is 888 g/mol. The topological polar surface area (TPSA) is 197 Å². The van der Waals surface area contributed by atoms with Gasteiger partial charge in [0, 0.05) is 105 Å². The molecule has 0 radical (unpaired) electrons. The number of aromatic amines is 1. The van der Waals surface area contributed by atoms with E-state index in [4.69, 9.17) is 0 Å². The van der Waals surface area contributed by atoms with E-state index in [9.17, 15) is 27.6 Å². The minimum atomic E-state index is -4.16. The number of piperidine rings is 1. The number of aromatic nitrogens is 4. The Morgan fingerprint density at radius 3 is 2.29 bits per heavy atom. The molecule has 17 nitrogen and oxygen atoms in total. The third-order valence-corrected chi connectivity index (χ3v) is 13.4. The highest BCUT2D eigenvalue weighted by Gasteiger charge is 2.31. The number of imide groups is 1. The second-order valence-corrected chi connectivity index (χ2v) is 17.4. The quantitative estimate of drug-likeness (QED) is 0.152. The predicted octanol–water partition coefficient (Wildman–Crippen LogP) is 4.25. The Bertz CT molecular complexity index is 2700. The third kappa shape index (κ3) is 8.93. The van der Waals surface area contributed by atoms with Gasteiger partial charge in [0.1, 0.15) is 17.3 Å². The zero-order valence-electron chi connectivity index (χ0n) is 34.4. The minimum Gasteiger partial charge on any atom is -0.345 e. The maximum atomic E-state index is 15.6. The van der Waals surface area contributed by atoms with Gasteiger partial charge in [-0.05, 0) is 67.7 Å². The van der Waals surface area contributed by atoms with E-state index in [1.54, 1.807) is 43.7 Å². The van der Waals surface area contributed by atoms with E-state index in [0.29, 0.717) is 80.4 Å². The summed E-state index contributed by atoms with van der Waals surface area (Å²) < 4.78 is 73.9. The van der Waals surface area contributed by atoms with Gasteiger partial charge in [-0.3, -0.25) is 34.2 Å². The zero-order chi connectivity index (χ0) is 44.6. The Morgan fingerprint density at radius 2 is 1.60 bits per heavy atom. The van der Waals surface area contributed by atoms with Crippen molar-refractivity contribution in [2.24, 2.45) is 0 Å². The zero-order valence-corrected chi connectivity index (χ0v) is 35.2. The highest BCUT2D eigenvalue weighted by Crippen LogP contribution is 2.33. The largest absolute Gasteiger partial charge is 0.345 e. The van der Waals surface area contributed by atoms with E-state index < -0.39 is 50.7 Å². The summed E-state index contributed by atoms with van der Waals surface area (Å²) in [5.41, 5.74) is 0.750. The number of rotatable bonds is 12. The van der Waals surface area contributed by atoms with Gasteiger partial charge in [-0.2, -0.15) is 12.7 Å². The lowest BCUT2D eigenvalue weighted by molar-refractivity contribution is -0.133. The van der Waals surface area contributed by atoms with Gasteiger partial charge in [-0.25, -0.2) is 32.9 Å². The fourth-order valence-corrected chi connectivity index (χ4v) is 8.95. The highest BCUT2D eigenvalue weighted by molar-refractivity contribution is 7.90. The van der Waals surface area contributed by atoms with E-state index in [1.165, 1.54) is 24.2 Å². The van der Waals surface area contributed by atoms with Crippen LogP contribution in [-0.2, 0) is 19.8 Å². The van der Waals surface area contributed by atoms with Gasteiger partial charge in [-0.1, -0.05) is 13.0 Å². The molecule has 0 saturated carbocycles. The first-order valence-corrected chi connectivity index (χ1v) is 21.9. The molecule has 330 valence electrons. The molecule has 3 fully saturated rings. The fraction of sp³-hybridized carbons (Fsp3) is 0.357. The summed E-state index contributed by atoms with van der Waals surface area (Å²) in [4.78, 5) is 74.2. The number of piperazine rings is 1. The maximum absolute atomic E-state index is 15.6. The molecule has 0 atom stereocenters. The summed E-state index contributed by atoms with van der Waals surface area (Å²) in [6.07, 6.45) is 7.53. The van der Waals surface area contributed by atoms with Crippen LogP contribution < -0.4 is 19.8 Å². The molecule has 0 unspecified atom stereocenters. The normalized spacial score (nSPS) is 16.8. The van der Waals surface area contributed by atoms with Crippen LogP contribution in [0.3, 0.4) is 0 Å². The smallest absolute Gasteiger partial charge is 0.328 e. The van der Waals surface area contributed by atoms with Crippen LogP contribution in [0.1, 0.15) is 53.6 Å². The Hall–Kier alpha value is -6.45. The van der Waals surface area contributed by atoms with Gasteiger partial charge in [0.2, 0.25) is 23.5 Å². The van der Waals surface area contributed by atoms with E-state index in [0.717, 1.165) is 16.4 Å². The van der Waals surface area contributed by atoms with Gasteiger partial charge in [0.05, 0.1) is 17.8 Å². The molecule has 4 amide bonds. The first kappa shape index (κ1) is 43.2. The lowest BCUT2D eigenvalue weighted by Gasteiger charge is -2.37. The second-order valence-electron chi connectivity index (χ2n) is 15.6. The monoisotopic (exact) mass is 887 g/mol. The molecule has 0 spiro atoms. The number of pyridine rings is 1. The van der Waals surface area contributed by atoms with Crippen LogP contribution in [-0.4, -0.2) is 132 Å². The van der Waals surface area contributed by atoms with Crippen molar-refractivity contribution in [1.82, 2.24) is 39.4 Å². The van der Waals surface area contributed by atoms with E-state index in [2.05, 4.69) is 34.9 Å². The van der Waals surface area contributed by atoms with Crippen molar-refractivity contribution in [3.63, 3.8) is 0 Å². The van der Waals surface area contributed by atoms with Crippen LogP contribution in [0.15, 0.2) is 61.2 Å². The molecule has 6 heterocycles. The molecule has 0 bridgehead atoms. The molecule has 3 aliphatic heterocycles. The number of hydrogen-bond donors (Lipinski definition) is 3. The predicted molar refractivity (Wildman–Crippen MR) is 227 cm³/mol. The average Bonchev–Trinajstić information content (AvgIpc) is 3.71. The summed E-state index contributed by atoms with van der Waals surface area (Å²) in [5.74, 6) is -3.85. The number of nitrogens with zero attached hydrogens (tertiary/aromatic N) is 8. The van der Waals surface area contributed by atoms with Crippen LogP contribution in [0.4, 0.5) is 35.3 Å². The first-order chi connectivity index (χ1) is 30.2. The van der Waals surface area contributed by atoms with Crippen molar-refractivity contribution >= 4 is 62.2 Å². The molecule has 3 aromatic heterocycles. The number of benzene rings is 2. The maximum Gasteiger partial charge on any atom is 0.328 e. The molecule has 5 aromatic rings. The molecule has 2 aromatic carbocycles. The molecule has 8 rings (SSSR count). The number of amides is 4. The van der Waals surface area contributed by atoms with E-state index >= 15 is 13.2 Å². The summed E-state index contributed by atoms with van der Waals surface area (Å²) in [5, 5.41) is 2.52. The molecule has 63 heavy (non-hydrogen) atoms. The summed E-state index contributed by atoms with van der Waals surface area (Å²) in [7, 11) is -2.88. The minimum absolute atomic E-state index is 0.00582. The number of ketones is 1. The Kier molecular flexibility index (Phi) is 12.2. The van der Waals surface area contributed by atoms with Crippen LogP contribution in [0, 0.1) is 17.5 Å². The molecular formula is C42H44F3N11O6S. The van der Waals surface area contributed by atoms with Crippen LogP contribution in [0.2, 0.25) is 0 Å². The molecule has 3 N–H and O–H groups in total. The number of carbonyl (C=O) groups excluding carboxylic acids is 4. The lowest BCUT2D eigenvalue weighted by Crippen LogP contribution is -2.52. The number of fused-ring (bicyclic) bond motifs is 1. The van der Waals surface area contributed by atoms with Crippen molar-refractivity contribution in [2.75, 3.05) is 80.5 Å². The van der Waals surface area contributed by atoms with Crippen LogP contribution in [0.5, 0.6) is 0 Å². The summed E-state index contributed by atoms with van der Waals surface area (Å²) >= 11 is 0. The highest BCUT2D eigenvalue weighted by atomic mass is 32.2. The number of halogens is 3. The number of nitrogens with one attached hydrogen (secondary N) is 3. The van der Waals surface area contributed by atoms with Gasteiger partial charge in [-0.15, -0.1) is 0 Å². The van der Waals surface area contributed by atoms with Crippen molar-refractivity contribution in [1.29, 1.82) is 0 Å². The molecule has 21 heteroatoms. The number of anilines is 3. The fourth-order valence-electron chi connectivity index (χ4n) is 8.02. The van der Waals surface area contributed by atoms with Gasteiger partial charge in [0.15, 0.2) is 5.82 Å². The van der Waals surface area contributed by atoms with E-state index in [-0.39, 0.29) is 60.4 Å². The molecule has 3 saturated heterocycles. The molecule has 3 aliphatic rings. The second kappa shape index (κ2) is 17.7. The van der Waals surface area contributed by atoms with Crippen LogP contribution in [0.25, 0.3) is 22.2 Å². The van der Waals surface area contributed by atoms with Crippen LogP contribution >= 0.6 is 0 Å². The van der Waals surface area contributed by atoms with Crippen molar-refractivity contribution < 1.29 is 40.8 Å². The summed E-state index contributed by atoms with van der Waals surface area (Å²) in [6, 6.07) is 7.54. The van der Waals surface area contributed by atoms with E-state index in [1.807, 2.05) is 9.80 Å². The Labute approximate surface area is 360 Å². The first-order valence-electron chi connectivity index (χ1n) is 20.4. The molecule has 0 aliphatic carbocycles. The number of hydrogen-bond acceptors (Lipinski definition) is 11. The summed E-state index contributed by atoms with van der Waals surface area (Å²) in [6.45, 7) is 5.33. The van der Waals surface area contributed by atoms with Crippen molar-refractivity contribution in [3.8, 4) is 11.1 Å². The number of urea groups is 1. The third-order valence-electron chi connectivity index (χ3n) is 11.8.